The molecule has 1 fully saturated rings. The lowest BCUT2D eigenvalue weighted by Crippen LogP contribution is -2.41. The predicted octanol–water partition coefficient (Wildman–Crippen LogP) is 1.64. The van der Waals surface area contributed by atoms with Crippen LogP contribution in [0.2, 0.25) is 0 Å². The van der Waals surface area contributed by atoms with Crippen molar-refractivity contribution in [1.29, 1.82) is 0 Å². The van der Waals surface area contributed by atoms with Crippen molar-refractivity contribution in [3.05, 3.63) is 29.5 Å². The van der Waals surface area contributed by atoms with Gasteiger partial charge in [0, 0.05) is 12.7 Å². The Labute approximate surface area is 120 Å². The highest BCUT2D eigenvalue weighted by Crippen LogP contribution is 2.38. The molecule has 5 nitrogen and oxygen atoms in total. The minimum atomic E-state index is -0.466. The maximum absolute atomic E-state index is 5.99. The van der Waals surface area contributed by atoms with Crippen molar-refractivity contribution in [1.82, 2.24) is 4.98 Å². The van der Waals surface area contributed by atoms with Crippen LogP contribution in [0.4, 0.5) is 5.69 Å². The Morgan fingerprint density at radius 3 is 2.40 bits per heavy atom. The molecule has 4 N–H and O–H groups in total. The third-order valence-electron chi connectivity index (χ3n) is 3.99. The molecule has 1 saturated heterocycles. The van der Waals surface area contributed by atoms with Gasteiger partial charge in [0.25, 0.3) is 0 Å². The van der Waals surface area contributed by atoms with Gasteiger partial charge in [0.2, 0.25) is 0 Å². The number of aromatic nitrogens is 1. The first-order valence-corrected chi connectivity index (χ1v) is 6.73. The number of nitrogens with two attached hydrogens (primary N) is 2. The van der Waals surface area contributed by atoms with E-state index in [4.69, 9.17) is 20.8 Å². The van der Waals surface area contributed by atoms with Crippen molar-refractivity contribution < 1.29 is 9.31 Å². The van der Waals surface area contributed by atoms with Crippen molar-refractivity contribution in [2.24, 2.45) is 5.73 Å². The van der Waals surface area contributed by atoms with Crippen molar-refractivity contribution in [2.45, 2.75) is 38.9 Å². The van der Waals surface area contributed by atoms with E-state index in [1.807, 2.05) is 33.8 Å². The van der Waals surface area contributed by atoms with E-state index < -0.39 is 7.12 Å². The summed E-state index contributed by atoms with van der Waals surface area (Å²) in [5, 5.41) is 0. The van der Waals surface area contributed by atoms with Gasteiger partial charge in [-0.15, -0.1) is 0 Å². The fourth-order valence-corrected chi connectivity index (χ4v) is 1.94. The van der Waals surface area contributed by atoms with Gasteiger partial charge in [0.05, 0.1) is 22.6 Å². The van der Waals surface area contributed by atoms with E-state index in [9.17, 15) is 0 Å². The molecular formula is C14H22BN3O2. The molecule has 0 aliphatic carbocycles. The largest absolute Gasteiger partial charge is 0.491 e. The number of hydrogen-bond donors (Lipinski definition) is 2. The third kappa shape index (κ3) is 2.72. The van der Waals surface area contributed by atoms with Crippen LogP contribution in [0.5, 0.6) is 0 Å². The highest BCUT2D eigenvalue weighted by Gasteiger charge is 2.52. The van der Waals surface area contributed by atoms with E-state index in [0.29, 0.717) is 17.9 Å². The average molecular weight is 275 g/mol. The summed E-state index contributed by atoms with van der Waals surface area (Å²) in [6, 6.07) is 3.60. The van der Waals surface area contributed by atoms with Crippen molar-refractivity contribution >= 4 is 18.9 Å². The van der Waals surface area contributed by atoms with Gasteiger partial charge < -0.3 is 20.8 Å². The summed E-state index contributed by atoms with van der Waals surface area (Å²) >= 11 is 0. The number of nitrogen functional groups attached to an aromatic ring is 1. The lowest BCUT2D eigenvalue weighted by molar-refractivity contribution is 0.00578. The van der Waals surface area contributed by atoms with Crippen LogP contribution in [-0.4, -0.2) is 29.8 Å². The molecule has 20 heavy (non-hydrogen) atoms. The molecule has 6 heteroatoms. The highest BCUT2D eigenvalue weighted by molar-refractivity contribution is 6.55. The van der Waals surface area contributed by atoms with Crippen LogP contribution >= 0.6 is 0 Å². The fraction of sp³-hybridized carbons (Fsp3) is 0.500. The standard InChI is InChI=1S/C14H22BN3O2/c1-13(2)14(3,4)20-15(19-13)10(9-16)8-12-11(17)6-5-7-18-12/h5-8H,9,16-17H2,1-4H3. The zero-order valence-corrected chi connectivity index (χ0v) is 12.5. The van der Waals surface area contributed by atoms with E-state index in [1.54, 1.807) is 18.3 Å². The lowest BCUT2D eigenvalue weighted by Gasteiger charge is -2.32. The molecule has 0 unspecified atom stereocenters. The zero-order valence-electron chi connectivity index (χ0n) is 12.5. The van der Waals surface area contributed by atoms with E-state index in [1.165, 1.54) is 0 Å². The molecule has 0 radical (unpaired) electrons. The summed E-state index contributed by atoms with van der Waals surface area (Å²) < 4.78 is 12.0. The minimum absolute atomic E-state index is 0.326. The monoisotopic (exact) mass is 275 g/mol. The molecular weight excluding hydrogens is 253 g/mol. The van der Waals surface area contributed by atoms with Crippen molar-refractivity contribution in [3.8, 4) is 0 Å². The summed E-state index contributed by atoms with van der Waals surface area (Å²) in [6.07, 6.45) is 3.54. The van der Waals surface area contributed by atoms with E-state index in [2.05, 4.69) is 4.98 Å². The van der Waals surface area contributed by atoms with Crippen molar-refractivity contribution in [3.63, 3.8) is 0 Å². The molecule has 0 saturated carbocycles. The highest BCUT2D eigenvalue weighted by atomic mass is 16.7. The van der Waals surface area contributed by atoms with Gasteiger partial charge in [0.1, 0.15) is 0 Å². The fourth-order valence-electron chi connectivity index (χ4n) is 1.94. The molecule has 0 amide bonds. The van der Waals surface area contributed by atoms with E-state index in [0.717, 1.165) is 5.47 Å². The van der Waals surface area contributed by atoms with Crippen LogP contribution in [0.15, 0.2) is 23.8 Å². The summed E-state index contributed by atoms with van der Waals surface area (Å²) in [6.45, 7) is 8.37. The first kappa shape index (κ1) is 15.0. The molecule has 0 atom stereocenters. The lowest BCUT2D eigenvalue weighted by atomic mass is 9.77. The predicted molar refractivity (Wildman–Crippen MR) is 81.8 cm³/mol. The average Bonchev–Trinajstić information content (AvgIpc) is 2.57. The quantitative estimate of drug-likeness (QED) is 0.819. The molecule has 2 heterocycles. The third-order valence-corrected chi connectivity index (χ3v) is 3.99. The smallest absolute Gasteiger partial charge is 0.400 e. The topological polar surface area (TPSA) is 83.4 Å². The molecule has 1 aromatic rings. The van der Waals surface area contributed by atoms with Crippen molar-refractivity contribution in [2.75, 3.05) is 12.3 Å². The Hall–Kier alpha value is -1.37. The molecule has 1 aliphatic heterocycles. The zero-order chi connectivity index (χ0) is 15.0. The van der Waals surface area contributed by atoms with Crippen LogP contribution in [-0.2, 0) is 9.31 Å². The summed E-state index contributed by atoms with van der Waals surface area (Å²) in [5.41, 5.74) is 13.1. The first-order chi connectivity index (χ1) is 9.27. The molecule has 2 rings (SSSR count). The SMILES string of the molecule is CC1(C)OB(C(=Cc2ncccc2N)CN)OC1(C)C. The van der Waals surface area contributed by atoms with E-state index >= 15 is 0 Å². The van der Waals surface area contributed by atoms with Crippen LogP contribution in [0.1, 0.15) is 33.4 Å². The molecule has 108 valence electrons. The maximum Gasteiger partial charge on any atom is 0.491 e. The summed E-state index contributed by atoms with van der Waals surface area (Å²) in [5.74, 6) is 0. The number of pyridine rings is 1. The Morgan fingerprint density at radius 1 is 1.30 bits per heavy atom. The Balaban J connectivity index is 2.29. The Bertz CT molecular complexity index is 513. The number of hydrogen-bond acceptors (Lipinski definition) is 5. The molecule has 1 aromatic heterocycles. The summed E-state index contributed by atoms with van der Waals surface area (Å²) in [7, 11) is -0.466. The Morgan fingerprint density at radius 2 is 1.90 bits per heavy atom. The van der Waals surface area contributed by atoms with E-state index in [-0.39, 0.29) is 11.2 Å². The molecule has 0 spiro atoms. The van der Waals surface area contributed by atoms with Crippen LogP contribution < -0.4 is 11.5 Å². The van der Waals surface area contributed by atoms with Gasteiger partial charge in [-0.2, -0.15) is 0 Å². The summed E-state index contributed by atoms with van der Waals surface area (Å²) in [4.78, 5) is 4.24. The van der Waals surface area contributed by atoms with Gasteiger partial charge in [-0.05, 0) is 51.4 Å². The minimum Gasteiger partial charge on any atom is -0.400 e. The maximum atomic E-state index is 5.99. The van der Waals surface area contributed by atoms with Gasteiger partial charge >= 0.3 is 7.12 Å². The van der Waals surface area contributed by atoms with Gasteiger partial charge in [-0.1, -0.05) is 0 Å². The Kier molecular flexibility index (Phi) is 3.91. The second-order valence-electron chi connectivity index (χ2n) is 5.99. The van der Waals surface area contributed by atoms with Gasteiger partial charge in [-0.3, -0.25) is 4.98 Å². The number of anilines is 1. The second kappa shape index (κ2) is 5.20. The second-order valence-corrected chi connectivity index (χ2v) is 5.99. The number of nitrogens with zero attached hydrogens (tertiary/aromatic N) is 1. The molecule has 0 bridgehead atoms. The van der Waals surface area contributed by atoms with Gasteiger partial charge in [0.15, 0.2) is 0 Å². The molecule has 0 aromatic carbocycles. The number of rotatable bonds is 3. The first-order valence-electron chi connectivity index (χ1n) is 6.73. The van der Waals surface area contributed by atoms with Crippen LogP contribution in [0.3, 0.4) is 0 Å². The molecule has 1 aliphatic rings. The normalized spacial score (nSPS) is 21.2. The van der Waals surface area contributed by atoms with Crippen LogP contribution in [0, 0.1) is 0 Å². The van der Waals surface area contributed by atoms with Crippen LogP contribution in [0.25, 0.3) is 6.08 Å². The van der Waals surface area contributed by atoms with Gasteiger partial charge in [-0.25, -0.2) is 0 Å².